The molecule has 1 saturated heterocycles. The summed E-state index contributed by atoms with van der Waals surface area (Å²) in [4.78, 5) is 10.2. The maximum atomic E-state index is 10.2. The standard InChI is InChI=1S/C5H10N2O2/c6-4(5(8)9)3-1-7-2-3/h3-4,7H,1-2,6H2,(H,8,9). The zero-order valence-corrected chi connectivity index (χ0v) is 5.00. The molecule has 0 radical (unpaired) electrons. The van der Waals surface area contributed by atoms with Gasteiger partial charge in [0.1, 0.15) is 6.04 Å². The van der Waals surface area contributed by atoms with E-state index in [1.807, 2.05) is 0 Å². The molecular formula is C5H10N2O2. The number of carbonyl (C=O) groups is 1. The summed E-state index contributed by atoms with van der Waals surface area (Å²) >= 11 is 0. The highest BCUT2D eigenvalue weighted by Crippen LogP contribution is 2.06. The Bertz CT molecular complexity index is 122. The van der Waals surface area contributed by atoms with E-state index in [1.165, 1.54) is 0 Å². The van der Waals surface area contributed by atoms with Crippen molar-refractivity contribution in [3.05, 3.63) is 0 Å². The van der Waals surface area contributed by atoms with Gasteiger partial charge in [0.15, 0.2) is 0 Å². The van der Waals surface area contributed by atoms with Crippen molar-refractivity contribution in [2.75, 3.05) is 13.1 Å². The molecule has 9 heavy (non-hydrogen) atoms. The van der Waals surface area contributed by atoms with Crippen LogP contribution in [0.5, 0.6) is 0 Å². The minimum atomic E-state index is -0.901. The lowest BCUT2D eigenvalue weighted by Gasteiger charge is -2.29. The van der Waals surface area contributed by atoms with Gasteiger partial charge < -0.3 is 16.2 Å². The Kier molecular flexibility index (Phi) is 1.68. The SMILES string of the molecule is NC(C(=O)O)C1CNC1. The molecule has 0 aromatic heterocycles. The van der Waals surface area contributed by atoms with Gasteiger partial charge in [-0.2, -0.15) is 0 Å². The molecule has 0 aliphatic carbocycles. The molecule has 0 spiro atoms. The highest BCUT2D eigenvalue weighted by atomic mass is 16.4. The third kappa shape index (κ3) is 1.20. The van der Waals surface area contributed by atoms with E-state index in [0.717, 1.165) is 13.1 Å². The average Bonchev–Trinajstić information content (AvgIpc) is 1.60. The van der Waals surface area contributed by atoms with Crippen LogP contribution in [0.1, 0.15) is 0 Å². The van der Waals surface area contributed by atoms with Gasteiger partial charge in [-0.15, -0.1) is 0 Å². The zero-order chi connectivity index (χ0) is 6.85. The third-order valence-electron chi connectivity index (χ3n) is 1.61. The van der Waals surface area contributed by atoms with Crippen molar-refractivity contribution in [1.82, 2.24) is 5.32 Å². The molecule has 4 nitrogen and oxygen atoms in total. The maximum Gasteiger partial charge on any atom is 0.320 e. The van der Waals surface area contributed by atoms with Crippen molar-refractivity contribution in [3.63, 3.8) is 0 Å². The first-order valence-electron chi connectivity index (χ1n) is 2.91. The van der Waals surface area contributed by atoms with Gasteiger partial charge in [0, 0.05) is 19.0 Å². The summed E-state index contributed by atoms with van der Waals surface area (Å²) in [5, 5.41) is 11.3. The lowest BCUT2D eigenvalue weighted by atomic mass is 9.95. The fraction of sp³-hybridized carbons (Fsp3) is 0.800. The Morgan fingerprint density at radius 2 is 2.33 bits per heavy atom. The quantitative estimate of drug-likeness (QED) is 0.430. The number of aliphatic carboxylic acids is 1. The molecule has 0 bridgehead atoms. The van der Waals surface area contributed by atoms with E-state index in [1.54, 1.807) is 0 Å². The number of nitrogens with two attached hydrogens (primary N) is 1. The molecule has 1 rings (SSSR count). The van der Waals surface area contributed by atoms with Gasteiger partial charge >= 0.3 is 5.97 Å². The van der Waals surface area contributed by atoms with Gasteiger partial charge in [-0.05, 0) is 0 Å². The minimum absolute atomic E-state index is 0.141. The normalized spacial score (nSPS) is 22.8. The topological polar surface area (TPSA) is 75.4 Å². The van der Waals surface area contributed by atoms with Gasteiger partial charge in [-0.1, -0.05) is 0 Å². The molecular weight excluding hydrogens is 120 g/mol. The summed E-state index contributed by atoms with van der Waals surface area (Å²) < 4.78 is 0. The highest BCUT2D eigenvalue weighted by molar-refractivity contribution is 5.73. The molecule has 0 aromatic rings. The van der Waals surface area contributed by atoms with Crippen molar-refractivity contribution < 1.29 is 9.90 Å². The molecule has 1 aliphatic heterocycles. The first-order chi connectivity index (χ1) is 4.22. The van der Waals surface area contributed by atoms with Gasteiger partial charge in [0.05, 0.1) is 0 Å². The Hall–Kier alpha value is -0.610. The molecule has 0 saturated carbocycles. The predicted molar refractivity (Wildman–Crippen MR) is 32.0 cm³/mol. The minimum Gasteiger partial charge on any atom is -0.480 e. The number of hydrogen-bond acceptors (Lipinski definition) is 3. The molecule has 1 atom stereocenters. The van der Waals surface area contributed by atoms with Crippen LogP contribution in [0.2, 0.25) is 0 Å². The summed E-state index contributed by atoms with van der Waals surface area (Å²) in [7, 11) is 0. The van der Waals surface area contributed by atoms with Crippen molar-refractivity contribution in [3.8, 4) is 0 Å². The van der Waals surface area contributed by atoms with Crippen LogP contribution in [0.4, 0.5) is 0 Å². The molecule has 4 heteroatoms. The second-order valence-corrected chi connectivity index (χ2v) is 2.28. The van der Waals surface area contributed by atoms with Gasteiger partial charge in [-0.3, -0.25) is 4.79 Å². The molecule has 1 aliphatic rings. The Labute approximate surface area is 53.0 Å². The molecule has 0 amide bonds. The second-order valence-electron chi connectivity index (χ2n) is 2.28. The van der Waals surface area contributed by atoms with Crippen molar-refractivity contribution in [1.29, 1.82) is 0 Å². The number of rotatable bonds is 2. The highest BCUT2D eigenvalue weighted by Gasteiger charge is 2.28. The third-order valence-corrected chi connectivity index (χ3v) is 1.61. The zero-order valence-electron chi connectivity index (χ0n) is 5.00. The Balaban J connectivity index is 2.32. The van der Waals surface area contributed by atoms with Gasteiger partial charge in [-0.25, -0.2) is 0 Å². The van der Waals surface area contributed by atoms with Crippen molar-refractivity contribution in [2.24, 2.45) is 11.7 Å². The van der Waals surface area contributed by atoms with Crippen LogP contribution in [-0.2, 0) is 4.79 Å². The van der Waals surface area contributed by atoms with E-state index >= 15 is 0 Å². The predicted octanol–water partition coefficient (Wildman–Crippen LogP) is -1.38. The van der Waals surface area contributed by atoms with Crippen molar-refractivity contribution >= 4 is 5.97 Å². The van der Waals surface area contributed by atoms with Crippen LogP contribution in [0.25, 0.3) is 0 Å². The molecule has 1 heterocycles. The van der Waals surface area contributed by atoms with Crippen LogP contribution in [0.3, 0.4) is 0 Å². The first kappa shape index (κ1) is 6.51. The number of nitrogens with one attached hydrogen (secondary N) is 1. The smallest absolute Gasteiger partial charge is 0.320 e. The van der Waals surface area contributed by atoms with Crippen LogP contribution < -0.4 is 11.1 Å². The van der Waals surface area contributed by atoms with E-state index in [-0.39, 0.29) is 5.92 Å². The second kappa shape index (κ2) is 2.33. The van der Waals surface area contributed by atoms with Crippen molar-refractivity contribution in [2.45, 2.75) is 6.04 Å². The van der Waals surface area contributed by atoms with Crippen LogP contribution in [0, 0.1) is 5.92 Å². The fourth-order valence-electron chi connectivity index (χ4n) is 0.767. The van der Waals surface area contributed by atoms with E-state index < -0.39 is 12.0 Å². The lowest BCUT2D eigenvalue weighted by Crippen LogP contribution is -2.54. The molecule has 1 unspecified atom stereocenters. The first-order valence-corrected chi connectivity index (χ1v) is 2.91. The largest absolute Gasteiger partial charge is 0.480 e. The van der Waals surface area contributed by atoms with E-state index in [0.29, 0.717) is 0 Å². The number of carboxylic acid groups (broad SMARTS) is 1. The molecule has 1 fully saturated rings. The Morgan fingerprint density at radius 1 is 1.78 bits per heavy atom. The van der Waals surface area contributed by atoms with Gasteiger partial charge in [0.2, 0.25) is 0 Å². The van der Waals surface area contributed by atoms with Crippen LogP contribution in [-0.4, -0.2) is 30.2 Å². The Morgan fingerprint density at radius 3 is 2.44 bits per heavy atom. The number of carboxylic acids is 1. The summed E-state index contributed by atoms with van der Waals surface area (Å²) in [6.07, 6.45) is 0. The molecule has 4 N–H and O–H groups in total. The summed E-state index contributed by atoms with van der Waals surface area (Å²) in [5.41, 5.74) is 5.28. The summed E-state index contributed by atoms with van der Waals surface area (Å²) in [6, 6.07) is -0.675. The fourth-order valence-corrected chi connectivity index (χ4v) is 0.767. The number of hydrogen-bond donors (Lipinski definition) is 3. The molecule has 0 aromatic carbocycles. The van der Waals surface area contributed by atoms with E-state index in [4.69, 9.17) is 10.8 Å². The summed E-state index contributed by atoms with van der Waals surface area (Å²) in [6.45, 7) is 1.49. The van der Waals surface area contributed by atoms with E-state index in [9.17, 15) is 4.79 Å². The lowest BCUT2D eigenvalue weighted by molar-refractivity contribution is -0.140. The monoisotopic (exact) mass is 130 g/mol. The van der Waals surface area contributed by atoms with Crippen LogP contribution in [0.15, 0.2) is 0 Å². The van der Waals surface area contributed by atoms with Gasteiger partial charge in [0.25, 0.3) is 0 Å². The average molecular weight is 130 g/mol. The van der Waals surface area contributed by atoms with E-state index in [2.05, 4.69) is 5.32 Å². The maximum absolute atomic E-state index is 10.2. The summed E-state index contributed by atoms with van der Waals surface area (Å²) in [5.74, 6) is -0.760. The molecule has 52 valence electrons. The van der Waals surface area contributed by atoms with Crippen LogP contribution >= 0.6 is 0 Å².